The molecule has 1 N–H and O–H groups in total. The van der Waals surface area contributed by atoms with Crippen LogP contribution in [0.4, 0.5) is 5.69 Å². The highest BCUT2D eigenvalue weighted by Crippen LogP contribution is 2.34. The molecule has 6 aromatic rings. The van der Waals surface area contributed by atoms with E-state index in [0.717, 1.165) is 32.7 Å². The van der Waals surface area contributed by atoms with Crippen LogP contribution in [0.2, 0.25) is 0 Å². The fourth-order valence-corrected chi connectivity index (χ4v) is 4.86. The lowest BCUT2D eigenvalue weighted by molar-refractivity contribution is -0.122. The molecule has 0 aliphatic rings. The number of anilines is 1. The SMILES string of the molecule is CCOC(=O)c1cccc(NC(=O)[C@H](C)Oc2ccc3c(c2)c2ccnc4c5ccccc5c(=O)n3c24)c1. The lowest BCUT2D eigenvalue weighted by Gasteiger charge is -2.15. The minimum Gasteiger partial charge on any atom is -0.481 e. The van der Waals surface area contributed by atoms with Gasteiger partial charge in [-0.3, -0.25) is 19.0 Å². The van der Waals surface area contributed by atoms with Gasteiger partial charge in [-0.2, -0.15) is 0 Å². The minimum absolute atomic E-state index is 0.104. The Morgan fingerprint density at radius 3 is 2.58 bits per heavy atom. The van der Waals surface area contributed by atoms with Gasteiger partial charge in [0, 0.05) is 33.4 Å². The number of ether oxygens (including phenoxy) is 2. The number of hydrogen-bond donors (Lipinski definition) is 1. The molecule has 3 aromatic heterocycles. The van der Waals surface area contributed by atoms with Crippen LogP contribution in [-0.2, 0) is 9.53 Å². The van der Waals surface area contributed by atoms with E-state index >= 15 is 0 Å². The van der Waals surface area contributed by atoms with Crippen LogP contribution >= 0.6 is 0 Å². The highest BCUT2D eigenvalue weighted by Gasteiger charge is 2.20. The number of rotatable bonds is 6. The molecule has 3 aromatic carbocycles. The first-order chi connectivity index (χ1) is 18.5. The molecule has 0 bridgehead atoms. The van der Waals surface area contributed by atoms with Gasteiger partial charge in [-0.05, 0) is 62.4 Å². The molecule has 8 heteroatoms. The summed E-state index contributed by atoms with van der Waals surface area (Å²) in [6.07, 6.45) is 0.910. The molecule has 0 radical (unpaired) electrons. The third-order valence-corrected chi connectivity index (χ3v) is 6.59. The summed E-state index contributed by atoms with van der Waals surface area (Å²) in [7, 11) is 0. The van der Waals surface area contributed by atoms with E-state index in [-0.39, 0.29) is 18.1 Å². The van der Waals surface area contributed by atoms with Gasteiger partial charge in [0.2, 0.25) is 0 Å². The Morgan fingerprint density at radius 1 is 0.947 bits per heavy atom. The number of benzene rings is 3. The Balaban J connectivity index is 1.32. The largest absolute Gasteiger partial charge is 0.481 e. The second kappa shape index (κ2) is 9.15. The second-order valence-corrected chi connectivity index (χ2v) is 8.97. The van der Waals surface area contributed by atoms with Gasteiger partial charge in [0.15, 0.2) is 6.10 Å². The van der Waals surface area contributed by atoms with Gasteiger partial charge in [0.1, 0.15) is 5.75 Å². The number of pyridine rings is 2. The van der Waals surface area contributed by atoms with Crippen LogP contribution in [0.3, 0.4) is 0 Å². The van der Waals surface area contributed by atoms with Crippen LogP contribution < -0.4 is 15.6 Å². The maximum atomic E-state index is 13.4. The lowest BCUT2D eigenvalue weighted by atomic mass is 10.1. The Hall–Kier alpha value is -4.98. The van der Waals surface area contributed by atoms with Crippen LogP contribution in [-0.4, -0.2) is 34.0 Å². The van der Waals surface area contributed by atoms with E-state index in [4.69, 9.17) is 9.47 Å². The number of nitrogens with zero attached hydrogens (tertiary/aromatic N) is 2. The number of fused-ring (bicyclic) bond motifs is 5. The first kappa shape index (κ1) is 23.4. The molecule has 38 heavy (non-hydrogen) atoms. The van der Waals surface area contributed by atoms with E-state index in [1.807, 2.05) is 42.5 Å². The van der Waals surface area contributed by atoms with E-state index in [9.17, 15) is 14.4 Å². The van der Waals surface area contributed by atoms with Crippen molar-refractivity contribution in [2.24, 2.45) is 0 Å². The van der Waals surface area contributed by atoms with Crippen LogP contribution in [0.1, 0.15) is 24.2 Å². The summed E-state index contributed by atoms with van der Waals surface area (Å²) >= 11 is 0. The lowest BCUT2D eigenvalue weighted by Crippen LogP contribution is -2.30. The predicted octanol–water partition coefficient (Wildman–Crippen LogP) is 5.17. The zero-order valence-electron chi connectivity index (χ0n) is 20.7. The van der Waals surface area contributed by atoms with Crippen molar-refractivity contribution in [2.75, 3.05) is 11.9 Å². The zero-order valence-corrected chi connectivity index (χ0v) is 20.7. The summed E-state index contributed by atoms with van der Waals surface area (Å²) in [6.45, 7) is 3.65. The van der Waals surface area contributed by atoms with Gasteiger partial charge < -0.3 is 14.8 Å². The average molecular weight is 506 g/mol. The molecule has 0 saturated heterocycles. The van der Waals surface area contributed by atoms with Crippen LogP contribution in [0.5, 0.6) is 5.75 Å². The van der Waals surface area contributed by atoms with Crippen molar-refractivity contribution in [3.8, 4) is 5.75 Å². The molecule has 8 nitrogen and oxygen atoms in total. The van der Waals surface area contributed by atoms with Crippen molar-refractivity contribution in [1.29, 1.82) is 0 Å². The van der Waals surface area contributed by atoms with Crippen molar-refractivity contribution in [3.05, 3.63) is 94.9 Å². The number of carbonyl (C=O) groups excluding carboxylic acids is 2. The standard InChI is InChI=1S/C30H23N3O5/c1-3-37-30(36)18-7-6-8-19(15-18)32-28(34)17(2)38-20-11-12-25-24(16-20)22-13-14-31-26-21-9-4-5-10-23(21)29(35)33(25)27(22)26/h4-17H,3H2,1-2H3,(H,32,34)/t17-/m0/s1. The van der Waals surface area contributed by atoms with E-state index in [1.165, 1.54) is 0 Å². The summed E-state index contributed by atoms with van der Waals surface area (Å²) in [5.74, 6) is -0.338. The monoisotopic (exact) mass is 505 g/mol. The number of aromatic nitrogens is 2. The molecule has 188 valence electrons. The first-order valence-corrected chi connectivity index (χ1v) is 12.3. The van der Waals surface area contributed by atoms with Crippen LogP contribution in [0.15, 0.2) is 83.8 Å². The van der Waals surface area contributed by atoms with Crippen molar-refractivity contribution in [1.82, 2.24) is 9.38 Å². The number of amides is 1. The maximum Gasteiger partial charge on any atom is 0.338 e. The Kier molecular flexibility index (Phi) is 5.64. The van der Waals surface area contributed by atoms with Gasteiger partial charge in [-0.1, -0.05) is 24.3 Å². The van der Waals surface area contributed by atoms with E-state index in [1.54, 1.807) is 54.8 Å². The van der Waals surface area contributed by atoms with Gasteiger partial charge in [0.25, 0.3) is 11.5 Å². The number of carbonyl (C=O) groups is 2. The molecule has 3 heterocycles. The molecular weight excluding hydrogens is 482 g/mol. The van der Waals surface area contributed by atoms with Crippen molar-refractivity contribution >= 4 is 55.7 Å². The Bertz CT molecular complexity index is 1930. The molecule has 1 atom stereocenters. The number of hydrogen-bond acceptors (Lipinski definition) is 6. The van der Waals surface area contributed by atoms with Crippen molar-refractivity contribution in [3.63, 3.8) is 0 Å². The molecule has 1 amide bonds. The summed E-state index contributed by atoms with van der Waals surface area (Å²) in [6, 6.07) is 21.3. The van der Waals surface area contributed by atoms with E-state index < -0.39 is 12.1 Å². The normalized spacial score (nSPS) is 12.3. The molecule has 0 aliphatic carbocycles. The molecule has 0 aliphatic heterocycles. The topological polar surface area (TPSA) is 99.0 Å². The first-order valence-electron chi connectivity index (χ1n) is 12.3. The Labute approximate surface area is 216 Å². The highest BCUT2D eigenvalue weighted by atomic mass is 16.5. The van der Waals surface area contributed by atoms with Gasteiger partial charge in [0.05, 0.1) is 28.7 Å². The quantitative estimate of drug-likeness (QED) is 0.248. The van der Waals surface area contributed by atoms with E-state index in [2.05, 4.69) is 10.3 Å². The highest BCUT2D eigenvalue weighted by molar-refractivity contribution is 6.18. The van der Waals surface area contributed by atoms with Gasteiger partial charge >= 0.3 is 5.97 Å². The molecule has 0 saturated carbocycles. The fourth-order valence-electron chi connectivity index (χ4n) is 4.86. The summed E-state index contributed by atoms with van der Waals surface area (Å²) < 4.78 is 12.7. The summed E-state index contributed by atoms with van der Waals surface area (Å²) in [4.78, 5) is 42.9. The van der Waals surface area contributed by atoms with Crippen LogP contribution in [0.25, 0.3) is 38.1 Å². The third kappa shape index (κ3) is 3.78. The minimum atomic E-state index is -0.828. The second-order valence-electron chi connectivity index (χ2n) is 8.97. The Morgan fingerprint density at radius 2 is 1.76 bits per heavy atom. The predicted molar refractivity (Wildman–Crippen MR) is 146 cm³/mol. The molecular formula is C30H23N3O5. The molecule has 6 rings (SSSR count). The van der Waals surface area contributed by atoms with Crippen molar-refractivity contribution in [2.45, 2.75) is 20.0 Å². The van der Waals surface area contributed by atoms with Gasteiger partial charge in [-0.15, -0.1) is 0 Å². The molecule has 0 unspecified atom stereocenters. The summed E-state index contributed by atoms with van der Waals surface area (Å²) in [5, 5.41) is 5.91. The van der Waals surface area contributed by atoms with Crippen molar-refractivity contribution < 1.29 is 19.1 Å². The maximum absolute atomic E-state index is 13.4. The number of esters is 1. The molecule has 0 fully saturated rings. The third-order valence-electron chi connectivity index (χ3n) is 6.59. The van der Waals surface area contributed by atoms with Crippen LogP contribution in [0, 0.1) is 0 Å². The summed E-state index contributed by atoms with van der Waals surface area (Å²) in [5.41, 5.74) is 2.97. The smallest absolute Gasteiger partial charge is 0.338 e. The average Bonchev–Trinajstić information content (AvgIpc) is 3.26. The number of nitrogens with one attached hydrogen (secondary N) is 1. The van der Waals surface area contributed by atoms with E-state index in [0.29, 0.717) is 22.4 Å². The molecule has 0 spiro atoms. The fraction of sp³-hybridized carbons (Fsp3) is 0.133. The van der Waals surface area contributed by atoms with Gasteiger partial charge in [-0.25, -0.2) is 4.79 Å². The zero-order chi connectivity index (χ0) is 26.4.